The Hall–Kier alpha value is -2.90. The predicted molar refractivity (Wildman–Crippen MR) is 80.8 cm³/mol. The van der Waals surface area contributed by atoms with Gasteiger partial charge in [-0.1, -0.05) is 0 Å². The first kappa shape index (κ1) is 15.0. The van der Waals surface area contributed by atoms with E-state index in [1.165, 1.54) is 4.68 Å². The molecule has 0 atom stereocenters. The van der Waals surface area contributed by atoms with Crippen molar-refractivity contribution in [2.24, 2.45) is 0 Å². The lowest BCUT2D eigenvalue weighted by Gasteiger charge is -2.08. The number of hydrogen-bond donors (Lipinski definition) is 0. The molecule has 8 nitrogen and oxygen atoms in total. The van der Waals surface area contributed by atoms with E-state index in [9.17, 15) is 4.79 Å². The van der Waals surface area contributed by atoms with Crippen LogP contribution in [0.25, 0.3) is 17.0 Å². The van der Waals surface area contributed by atoms with Crippen molar-refractivity contribution in [3.63, 3.8) is 0 Å². The van der Waals surface area contributed by atoms with Gasteiger partial charge in [0.1, 0.15) is 5.52 Å². The highest BCUT2D eigenvalue weighted by atomic mass is 16.5. The Balaban J connectivity index is 2.21. The smallest absolute Gasteiger partial charge is 0.362 e. The molecule has 3 rings (SSSR count). The van der Waals surface area contributed by atoms with E-state index in [-0.39, 0.29) is 18.2 Å². The topological polar surface area (TPSA) is 92.3 Å². The third-order valence-corrected chi connectivity index (χ3v) is 3.10. The molecule has 8 heteroatoms. The first-order chi connectivity index (χ1) is 11.2. The Kier molecular flexibility index (Phi) is 3.96. The van der Waals surface area contributed by atoms with Gasteiger partial charge in [-0.3, -0.25) is 0 Å². The van der Waals surface area contributed by atoms with E-state index in [0.717, 1.165) is 0 Å². The van der Waals surface area contributed by atoms with Gasteiger partial charge < -0.3 is 13.9 Å². The van der Waals surface area contributed by atoms with Gasteiger partial charge in [0.05, 0.1) is 25.2 Å². The minimum absolute atomic E-state index is 0.0447. The molecule has 0 spiro atoms. The zero-order valence-electron chi connectivity index (χ0n) is 13.1. The van der Waals surface area contributed by atoms with Crippen LogP contribution in [-0.2, 0) is 4.74 Å². The molecule has 3 aromatic heterocycles. The summed E-state index contributed by atoms with van der Waals surface area (Å²) >= 11 is 0. The normalized spacial score (nSPS) is 10.9. The van der Waals surface area contributed by atoms with Crippen LogP contribution in [0.5, 0.6) is 5.88 Å². The van der Waals surface area contributed by atoms with Crippen LogP contribution in [0.1, 0.15) is 30.0 Å². The second kappa shape index (κ2) is 6.07. The quantitative estimate of drug-likeness (QED) is 0.667. The van der Waals surface area contributed by atoms with E-state index < -0.39 is 5.97 Å². The van der Waals surface area contributed by atoms with Crippen LogP contribution < -0.4 is 4.74 Å². The summed E-state index contributed by atoms with van der Waals surface area (Å²) in [5, 5.41) is 4.37. The molecular weight excluding hydrogens is 300 g/mol. The second-order valence-corrected chi connectivity index (χ2v) is 4.65. The summed E-state index contributed by atoms with van der Waals surface area (Å²) in [5.74, 6) is 0.0467. The number of furan rings is 1. The summed E-state index contributed by atoms with van der Waals surface area (Å²) in [6.45, 7) is 5.90. The van der Waals surface area contributed by atoms with Crippen LogP contribution in [0, 0.1) is 6.92 Å². The van der Waals surface area contributed by atoms with Crippen LogP contribution >= 0.6 is 0 Å². The van der Waals surface area contributed by atoms with Crippen molar-refractivity contribution < 1.29 is 18.7 Å². The number of hydrogen-bond acceptors (Lipinski definition) is 7. The Morgan fingerprint density at radius 2 is 2.13 bits per heavy atom. The van der Waals surface area contributed by atoms with E-state index in [4.69, 9.17) is 13.9 Å². The van der Waals surface area contributed by atoms with Gasteiger partial charge in [0, 0.05) is 6.07 Å². The third-order valence-electron chi connectivity index (χ3n) is 3.10. The van der Waals surface area contributed by atoms with Crippen molar-refractivity contribution in [2.75, 3.05) is 13.2 Å². The number of rotatable bonds is 5. The molecule has 0 N–H and O–H groups in total. The average Bonchev–Trinajstić information content (AvgIpc) is 3.15. The summed E-state index contributed by atoms with van der Waals surface area (Å²) in [6.07, 6.45) is 1.54. The van der Waals surface area contributed by atoms with Crippen LogP contribution in [-0.4, -0.2) is 38.9 Å². The summed E-state index contributed by atoms with van der Waals surface area (Å²) in [4.78, 5) is 20.8. The lowest BCUT2D eigenvalue weighted by Crippen LogP contribution is -2.12. The molecular formula is C15H16N4O4. The summed E-state index contributed by atoms with van der Waals surface area (Å²) in [6, 6.07) is 3.51. The Bertz CT molecular complexity index is 839. The lowest BCUT2D eigenvalue weighted by molar-refractivity contribution is 0.0514. The molecule has 0 saturated heterocycles. The molecule has 0 aliphatic carbocycles. The van der Waals surface area contributed by atoms with Crippen molar-refractivity contribution in [2.45, 2.75) is 20.8 Å². The van der Waals surface area contributed by atoms with E-state index in [1.807, 2.05) is 0 Å². The Labute approximate surface area is 132 Å². The second-order valence-electron chi connectivity index (χ2n) is 4.65. The van der Waals surface area contributed by atoms with Crippen LogP contribution in [0.15, 0.2) is 22.8 Å². The van der Waals surface area contributed by atoms with Gasteiger partial charge in [0.15, 0.2) is 5.65 Å². The molecule has 0 unspecified atom stereocenters. The first-order valence-electron chi connectivity index (χ1n) is 7.26. The van der Waals surface area contributed by atoms with Gasteiger partial charge in [0.2, 0.25) is 17.5 Å². The number of ether oxygens (including phenoxy) is 2. The molecule has 0 amide bonds. The lowest BCUT2D eigenvalue weighted by atomic mass is 10.3. The number of aryl methyl sites for hydroxylation is 1. The van der Waals surface area contributed by atoms with Gasteiger partial charge in [-0.15, -0.1) is 0 Å². The third kappa shape index (κ3) is 2.63. The van der Waals surface area contributed by atoms with E-state index in [1.54, 1.807) is 39.2 Å². The minimum Gasteiger partial charge on any atom is -0.476 e. The molecule has 0 radical (unpaired) electrons. The van der Waals surface area contributed by atoms with Crippen molar-refractivity contribution in [1.82, 2.24) is 19.7 Å². The molecule has 0 aromatic carbocycles. The number of nitrogens with zero attached hydrogens (tertiary/aromatic N) is 4. The summed E-state index contributed by atoms with van der Waals surface area (Å²) < 4.78 is 17.3. The SMILES string of the molecule is CCOC(=O)c1nc2c(C)nn(-c3ccco3)c2nc1OCC. The average molecular weight is 316 g/mol. The van der Waals surface area contributed by atoms with Gasteiger partial charge in [-0.25, -0.2) is 9.78 Å². The van der Waals surface area contributed by atoms with Gasteiger partial charge in [-0.2, -0.15) is 14.8 Å². The maximum Gasteiger partial charge on any atom is 0.362 e. The van der Waals surface area contributed by atoms with E-state index >= 15 is 0 Å². The number of esters is 1. The number of carbonyl (C=O) groups is 1. The zero-order chi connectivity index (χ0) is 16.4. The fraction of sp³-hybridized carbons (Fsp3) is 0.333. The summed E-state index contributed by atoms with van der Waals surface area (Å²) in [5.41, 5.74) is 1.61. The molecule has 0 aliphatic rings. The van der Waals surface area contributed by atoms with Gasteiger partial charge >= 0.3 is 5.97 Å². The Morgan fingerprint density at radius 1 is 1.30 bits per heavy atom. The highest BCUT2D eigenvalue weighted by Crippen LogP contribution is 2.24. The van der Waals surface area contributed by atoms with Crippen molar-refractivity contribution in [1.29, 1.82) is 0 Å². The molecule has 120 valence electrons. The molecule has 0 saturated carbocycles. The van der Waals surface area contributed by atoms with E-state index in [2.05, 4.69) is 15.1 Å². The Morgan fingerprint density at radius 3 is 2.78 bits per heavy atom. The standard InChI is InChI=1S/C15H16N4O4/c1-4-21-14-12(15(20)22-5-2)16-11-9(3)18-19(13(11)17-14)10-7-6-8-23-10/h6-8H,4-5H2,1-3H3. The molecule has 3 heterocycles. The molecule has 0 fully saturated rings. The summed E-state index contributed by atoms with van der Waals surface area (Å²) in [7, 11) is 0. The molecule has 0 aliphatic heterocycles. The maximum atomic E-state index is 12.1. The van der Waals surface area contributed by atoms with Crippen LogP contribution in [0.3, 0.4) is 0 Å². The van der Waals surface area contributed by atoms with Gasteiger partial charge in [0.25, 0.3) is 0 Å². The van der Waals surface area contributed by atoms with Gasteiger partial charge in [-0.05, 0) is 26.8 Å². The first-order valence-corrected chi connectivity index (χ1v) is 7.26. The number of aromatic nitrogens is 4. The number of fused-ring (bicyclic) bond motifs is 1. The van der Waals surface area contributed by atoms with Crippen molar-refractivity contribution >= 4 is 17.1 Å². The minimum atomic E-state index is -0.574. The molecule has 23 heavy (non-hydrogen) atoms. The van der Waals surface area contributed by atoms with Crippen molar-refractivity contribution in [3.05, 3.63) is 29.8 Å². The molecule has 3 aromatic rings. The van der Waals surface area contributed by atoms with Crippen LogP contribution in [0.2, 0.25) is 0 Å². The highest BCUT2D eigenvalue weighted by molar-refractivity contribution is 5.92. The molecule has 0 bridgehead atoms. The maximum absolute atomic E-state index is 12.1. The van der Waals surface area contributed by atoms with Crippen molar-refractivity contribution in [3.8, 4) is 11.8 Å². The number of carbonyl (C=O) groups excluding carboxylic acids is 1. The van der Waals surface area contributed by atoms with E-state index in [0.29, 0.717) is 29.3 Å². The fourth-order valence-corrected chi connectivity index (χ4v) is 2.16. The zero-order valence-corrected chi connectivity index (χ0v) is 13.1. The predicted octanol–water partition coefficient (Wildman–Crippen LogP) is 2.29. The van der Waals surface area contributed by atoms with Crippen LogP contribution in [0.4, 0.5) is 0 Å². The fourth-order valence-electron chi connectivity index (χ4n) is 2.16. The largest absolute Gasteiger partial charge is 0.476 e. The monoisotopic (exact) mass is 316 g/mol. The highest BCUT2D eigenvalue weighted by Gasteiger charge is 2.23.